The Balaban J connectivity index is 1.94. The van der Waals surface area contributed by atoms with Crippen LogP contribution >= 0.6 is 0 Å². The first-order valence-electron chi connectivity index (χ1n) is 9.48. The number of ether oxygens (including phenoxy) is 3. The molecule has 1 aliphatic rings. The molecule has 0 amide bonds. The first-order chi connectivity index (χ1) is 14.4. The van der Waals surface area contributed by atoms with Gasteiger partial charge in [0.2, 0.25) is 0 Å². The third kappa shape index (κ3) is 3.50. The van der Waals surface area contributed by atoms with Crippen LogP contribution in [0.4, 0.5) is 0 Å². The lowest BCUT2D eigenvalue weighted by atomic mass is 9.82. The molecule has 31 heavy (non-hydrogen) atoms. The Hall–Kier alpha value is -3.46. The fourth-order valence-corrected chi connectivity index (χ4v) is 3.79. The van der Waals surface area contributed by atoms with Crippen molar-refractivity contribution in [3.8, 4) is 23.0 Å². The molecule has 0 radical (unpaired) electrons. The van der Waals surface area contributed by atoms with E-state index in [0.29, 0.717) is 28.0 Å². The first kappa shape index (κ1) is 22.2. The second-order valence-corrected chi connectivity index (χ2v) is 7.58. The normalized spacial score (nSPS) is 20.1. The Labute approximate surface area is 178 Å². The second-order valence-electron chi connectivity index (χ2n) is 7.58. The van der Waals surface area contributed by atoms with Crippen molar-refractivity contribution in [3.05, 3.63) is 45.5 Å². The van der Waals surface area contributed by atoms with Gasteiger partial charge in [-0.2, -0.15) is 0 Å². The molecule has 2 atom stereocenters. The van der Waals surface area contributed by atoms with E-state index >= 15 is 0 Å². The molecular formula is C22H24O9. The molecule has 9 nitrogen and oxygen atoms in total. The molecular weight excluding hydrogens is 408 g/mol. The number of esters is 2. The number of cyclic esters (lactones) is 1. The largest absolute Gasteiger partial charge is 0.508 e. The van der Waals surface area contributed by atoms with E-state index in [1.807, 2.05) is 0 Å². The Kier molecular flexibility index (Phi) is 5.49. The molecule has 0 spiro atoms. The Morgan fingerprint density at radius 2 is 1.71 bits per heavy atom. The van der Waals surface area contributed by atoms with Gasteiger partial charge in [-0.05, 0) is 43.0 Å². The highest BCUT2D eigenvalue weighted by Crippen LogP contribution is 2.45. The maximum Gasteiger partial charge on any atom is 0.344 e. The van der Waals surface area contributed by atoms with Gasteiger partial charge in [-0.3, -0.25) is 0 Å². The van der Waals surface area contributed by atoms with Crippen molar-refractivity contribution in [1.29, 1.82) is 0 Å². The summed E-state index contributed by atoms with van der Waals surface area (Å²) in [4.78, 5) is 25.1. The van der Waals surface area contributed by atoms with E-state index in [0.717, 1.165) is 6.07 Å². The van der Waals surface area contributed by atoms with Crippen molar-refractivity contribution < 1.29 is 44.2 Å². The Morgan fingerprint density at radius 3 is 2.32 bits per heavy atom. The van der Waals surface area contributed by atoms with Gasteiger partial charge in [0.1, 0.15) is 34.1 Å². The monoisotopic (exact) mass is 432 g/mol. The SMILES string of the molecule is COc1cc(O)c2c(c1C)[C@H](C)C(O)(COC(=O)c1c(O)cc(O)c(C)c1C)OC2=O. The average molecular weight is 432 g/mol. The molecule has 2 aromatic carbocycles. The van der Waals surface area contributed by atoms with Gasteiger partial charge in [-0.1, -0.05) is 6.92 Å². The lowest BCUT2D eigenvalue weighted by Crippen LogP contribution is -2.48. The maximum absolute atomic E-state index is 12.6. The number of phenolic OH excluding ortho intramolecular Hbond substituents is 3. The molecule has 3 rings (SSSR count). The lowest BCUT2D eigenvalue weighted by molar-refractivity contribution is -0.206. The van der Waals surface area contributed by atoms with Crippen molar-refractivity contribution in [2.24, 2.45) is 0 Å². The number of rotatable bonds is 4. The summed E-state index contributed by atoms with van der Waals surface area (Å²) in [5.74, 6) is -5.75. The van der Waals surface area contributed by atoms with Crippen molar-refractivity contribution in [2.45, 2.75) is 39.4 Å². The topological polar surface area (TPSA) is 143 Å². The van der Waals surface area contributed by atoms with E-state index in [-0.39, 0.29) is 22.6 Å². The minimum Gasteiger partial charge on any atom is -0.508 e. The van der Waals surface area contributed by atoms with E-state index < -0.39 is 36.0 Å². The number of carbonyl (C=O) groups is 2. The van der Waals surface area contributed by atoms with Crippen molar-refractivity contribution in [1.82, 2.24) is 0 Å². The Morgan fingerprint density at radius 1 is 1.06 bits per heavy atom. The zero-order valence-corrected chi connectivity index (χ0v) is 17.8. The molecule has 166 valence electrons. The summed E-state index contributed by atoms with van der Waals surface area (Å²) in [5, 5.41) is 41.1. The summed E-state index contributed by atoms with van der Waals surface area (Å²) < 4.78 is 15.6. The van der Waals surface area contributed by atoms with Gasteiger partial charge in [0.05, 0.1) is 13.0 Å². The fraction of sp³-hybridized carbons (Fsp3) is 0.364. The van der Waals surface area contributed by atoms with E-state index in [2.05, 4.69) is 0 Å². The average Bonchev–Trinajstić information content (AvgIpc) is 2.70. The molecule has 0 bridgehead atoms. The number of aromatic hydroxyl groups is 3. The molecule has 2 aromatic rings. The number of aliphatic hydroxyl groups is 1. The number of benzene rings is 2. The zero-order valence-electron chi connectivity index (χ0n) is 17.8. The minimum atomic E-state index is -2.22. The number of fused-ring (bicyclic) bond motifs is 1. The van der Waals surface area contributed by atoms with Crippen LogP contribution in [0.1, 0.15) is 55.8 Å². The molecule has 4 N–H and O–H groups in total. The van der Waals surface area contributed by atoms with Gasteiger partial charge in [0, 0.05) is 12.1 Å². The van der Waals surface area contributed by atoms with Gasteiger partial charge in [-0.15, -0.1) is 0 Å². The minimum absolute atomic E-state index is 0.0931. The molecule has 9 heteroatoms. The summed E-state index contributed by atoms with van der Waals surface area (Å²) in [7, 11) is 1.41. The van der Waals surface area contributed by atoms with E-state index in [1.54, 1.807) is 20.8 Å². The number of carbonyl (C=O) groups excluding carboxylic acids is 2. The summed E-state index contributed by atoms with van der Waals surface area (Å²) in [6.07, 6.45) is 0. The highest BCUT2D eigenvalue weighted by Gasteiger charge is 2.48. The van der Waals surface area contributed by atoms with Crippen LogP contribution < -0.4 is 4.74 Å². The van der Waals surface area contributed by atoms with Crippen LogP contribution in [0, 0.1) is 20.8 Å². The van der Waals surface area contributed by atoms with Crippen LogP contribution in [0.25, 0.3) is 0 Å². The van der Waals surface area contributed by atoms with Crippen LogP contribution in [0.3, 0.4) is 0 Å². The van der Waals surface area contributed by atoms with Crippen molar-refractivity contribution >= 4 is 11.9 Å². The number of hydrogen-bond donors (Lipinski definition) is 4. The van der Waals surface area contributed by atoms with E-state index in [9.17, 15) is 30.0 Å². The molecule has 0 fully saturated rings. The highest BCUT2D eigenvalue weighted by molar-refractivity contribution is 5.97. The van der Waals surface area contributed by atoms with Gasteiger partial charge in [0.15, 0.2) is 6.61 Å². The van der Waals surface area contributed by atoms with Crippen molar-refractivity contribution in [2.75, 3.05) is 13.7 Å². The number of phenols is 3. The molecule has 0 saturated carbocycles. The van der Waals surface area contributed by atoms with Crippen LogP contribution in [0.5, 0.6) is 23.0 Å². The molecule has 1 aliphatic heterocycles. The Bertz CT molecular complexity index is 1090. The van der Waals surface area contributed by atoms with Crippen LogP contribution in [-0.4, -0.2) is 51.9 Å². The molecule has 0 aliphatic carbocycles. The van der Waals surface area contributed by atoms with Gasteiger partial charge in [-0.25, -0.2) is 9.59 Å². The molecule has 1 heterocycles. The molecule has 0 saturated heterocycles. The quantitative estimate of drug-likeness (QED) is 0.536. The number of methoxy groups -OCH3 is 1. The van der Waals surface area contributed by atoms with Crippen LogP contribution in [0.15, 0.2) is 12.1 Å². The predicted molar refractivity (Wildman–Crippen MR) is 108 cm³/mol. The predicted octanol–water partition coefficient (Wildman–Crippen LogP) is 2.56. The molecule has 1 unspecified atom stereocenters. The van der Waals surface area contributed by atoms with Gasteiger partial charge < -0.3 is 34.6 Å². The van der Waals surface area contributed by atoms with Crippen LogP contribution in [-0.2, 0) is 9.47 Å². The van der Waals surface area contributed by atoms with Gasteiger partial charge in [0.25, 0.3) is 5.79 Å². The van der Waals surface area contributed by atoms with Crippen molar-refractivity contribution in [3.63, 3.8) is 0 Å². The van der Waals surface area contributed by atoms with E-state index in [1.165, 1.54) is 20.1 Å². The summed E-state index contributed by atoms with van der Waals surface area (Å²) in [6.45, 7) is 5.59. The third-order valence-corrected chi connectivity index (χ3v) is 5.84. The zero-order chi connectivity index (χ0) is 23.2. The smallest absolute Gasteiger partial charge is 0.344 e. The summed E-state index contributed by atoms with van der Waals surface area (Å²) in [6, 6.07) is 2.30. The molecule has 0 aromatic heterocycles. The maximum atomic E-state index is 12.6. The van der Waals surface area contributed by atoms with Gasteiger partial charge >= 0.3 is 11.9 Å². The lowest BCUT2D eigenvalue weighted by Gasteiger charge is -2.38. The first-order valence-corrected chi connectivity index (χ1v) is 9.48. The van der Waals surface area contributed by atoms with Crippen LogP contribution in [0.2, 0.25) is 0 Å². The van der Waals surface area contributed by atoms with E-state index in [4.69, 9.17) is 14.2 Å². The fourth-order valence-electron chi connectivity index (χ4n) is 3.79. The second kappa shape index (κ2) is 7.66. The standard InChI is InChI=1S/C22H24O9/c1-9-10(2)18(14(24)6-13(9)23)20(26)30-8-22(28)12(4)17-11(3)16(29-5)7-15(25)19(17)21(27)31-22/h6-7,12,23-25,28H,8H2,1-5H3/t12-,22?/m0/s1. The summed E-state index contributed by atoms with van der Waals surface area (Å²) in [5.41, 5.74) is 1.25. The highest BCUT2D eigenvalue weighted by atomic mass is 16.7. The number of hydrogen-bond acceptors (Lipinski definition) is 9. The third-order valence-electron chi connectivity index (χ3n) is 5.84. The summed E-state index contributed by atoms with van der Waals surface area (Å²) >= 11 is 0.